The second-order valence-corrected chi connectivity index (χ2v) is 6.06. The molecule has 0 aromatic heterocycles. The Hall–Kier alpha value is -2.04. The molecule has 4 nitrogen and oxygen atoms in total. The van der Waals surface area contributed by atoms with Crippen LogP contribution in [0.2, 0.25) is 5.02 Å². The predicted molar refractivity (Wildman–Crippen MR) is 97.6 cm³/mol. The molecule has 0 fully saturated rings. The molecule has 0 aliphatic heterocycles. The number of nitrogens with zero attached hydrogens (tertiary/aromatic N) is 1. The molecule has 0 heterocycles. The quantitative estimate of drug-likeness (QED) is 0.759. The summed E-state index contributed by atoms with van der Waals surface area (Å²) in [6, 6.07) is 17.4. The molecule has 0 unspecified atom stereocenters. The first kappa shape index (κ1) is 18.3. The number of halogens is 1. The van der Waals surface area contributed by atoms with Gasteiger partial charge in [-0.15, -0.1) is 0 Å². The molecule has 24 heavy (non-hydrogen) atoms. The minimum absolute atomic E-state index is 0.0277. The smallest absolute Gasteiger partial charge is 0.234 e. The van der Waals surface area contributed by atoms with Gasteiger partial charge in [0.2, 0.25) is 5.91 Å². The van der Waals surface area contributed by atoms with E-state index in [1.807, 2.05) is 42.3 Å². The van der Waals surface area contributed by atoms with Gasteiger partial charge in [-0.25, -0.2) is 0 Å². The van der Waals surface area contributed by atoms with E-state index in [2.05, 4.69) is 17.4 Å². The van der Waals surface area contributed by atoms with Crippen LogP contribution in [0.25, 0.3) is 0 Å². The summed E-state index contributed by atoms with van der Waals surface area (Å²) in [5, 5.41) is 3.63. The number of rotatable bonds is 9. The van der Waals surface area contributed by atoms with Crippen LogP contribution in [-0.2, 0) is 11.2 Å². The fourth-order valence-electron chi connectivity index (χ4n) is 2.22. The van der Waals surface area contributed by atoms with Crippen LogP contribution < -0.4 is 10.1 Å². The molecule has 128 valence electrons. The van der Waals surface area contributed by atoms with E-state index < -0.39 is 0 Å². The van der Waals surface area contributed by atoms with Crippen LogP contribution in [-0.4, -0.2) is 44.1 Å². The number of carbonyl (C=O) groups is 1. The fourth-order valence-corrected chi connectivity index (χ4v) is 2.35. The summed E-state index contributed by atoms with van der Waals surface area (Å²) in [6.07, 6.45) is 0.843. The zero-order valence-electron chi connectivity index (χ0n) is 13.9. The van der Waals surface area contributed by atoms with E-state index in [1.165, 1.54) is 5.56 Å². The van der Waals surface area contributed by atoms with E-state index in [0.29, 0.717) is 31.3 Å². The number of likely N-dealkylation sites (N-methyl/N-ethyl adjacent to an activating group) is 1. The molecule has 2 aromatic rings. The molecule has 0 aliphatic rings. The van der Waals surface area contributed by atoms with E-state index in [9.17, 15) is 4.79 Å². The number of benzene rings is 2. The van der Waals surface area contributed by atoms with Crippen molar-refractivity contribution in [3.63, 3.8) is 0 Å². The third-order valence-corrected chi connectivity index (χ3v) is 3.80. The Morgan fingerprint density at radius 2 is 1.83 bits per heavy atom. The molecule has 0 bridgehead atoms. The number of amides is 1. The summed E-state index contributed by atoms with van der Waals surface area (Å²) < 4.78 is 5.62. The lowest BCUT2D eigenvalue weighted by atomic mass is 10.1. The van der Waals surface area contributed by atoms with Crippen LogP contribution in [0.15, 0.2) is 54.6 Å². The molecule has 0 saturated carbocycles. The van der Waals surface area contributed by atoms with Gasteiger partial charge in [-0.2, -0.15) is 0 Å². The minimum atomic E-state index is 0.0277. The molecule has 1 amide bonds. The molecule has 2 rings (SSSR count). The highest BCUT2D eigenvalue weighted by Gasteiger charge is 2.06. The molecule has 0 saturated heterocycles. The van der Waals surface area contributed by atoms with E-state index in [4.69, 9.17) is 16.3 Å². The fraction of sp³-hybridized carbons (Fsp3) is 0.316. The highest BCUT2D eigenvalue weighted by Crippen LogP contribution is 2.15. The Bertz CT molecular complexity index is 617. The molecule has 2 aromatic carbocycles. The van der Waals surface area contributed by atoms with Gasteiger partial charge >= 0.3 is 0 Å². The van der Waals surface area contributed by atoms with Gasteiger partial charge in [-0.3, -0.25) is 9.69 Å². The van der Waals surface area contributed by atoms with E-state index in [0.717, 1.165) is 12.2 Å². The van der Waals surface area contributed by atoms with Crippen molar-refractivity contribution in [2.24, 2.45) is 0 Å². The van der Waals surface area contributed by atoms with Crippen LogP contribution in [0, 0.1) is 0 Å². The number of ether oxygens (including phenoxy) is 1. The van der Waals surface area contributed by atoms with Crippen molar-refractivity contribution >= 4 is 17.5 Å². The minimum Gasteiger partial charge on any atom is -0.492 e. The average molecular weight is 347 g/mol. The van der Waals surface area contributed by atoms with Crippen LogP contribution in [0.5, 0.6) is 5.75 Å². The maximum absolute atomic E-state index is 11.9. The van der Waals surface area contributed by atoms with Gasteiger partial charge in [0.1, 0.15) is 12.4 Å². The molecular weight excluding hydrogens is 324 g/mol. The summed E-state index contributed by atoms with van der Waals surface area (Å²) in [7, 11) is 1.90. The Labute approximate surface area is 148 Å². The topological polar surface area (TPSA) is 41.6 Å². The predicted octanol–water partition coefficient (Wildman–Crippen LogP) is 3.01. The molecule has 0 aliphatic carbocycles. The third kappa shape index (κ3) is 7.02. The van der Waals surface area contributed by atoms with Crippen molar-refractivity contribution in [2.45, 2.75) is 6.42 Å². The van der Waals surface area contributed by atoms with E-state index in [-0.39, 0.29) is 5.91 Å². The Kier molecular flexibility index (Phi) is 7.59. The van der Waals surface area contributed by atoms with Crippen molar-refractivity contribution in [1.82, 2.24) is 10.2 Å². The van der Waals surface area contributed by atoms with E-state index in [1.54, 1.807) is 12.1 Å². The molecule has 0 atom stereocenters. The van der Waals surface area contributed by atoms with Gasteiger partial charge < -0.3 is 10.1 Å². The van der Waals surface area contributed by atoms with Crippen molar-refractivity contribution < 1.29 is 9.53 Å². The standard InChI is InChI=1S/C19H23ClN2O2/c1-22(13-14-24-18-9-7-17(20)8-10-18)15-19(23)21-12-11-16-5-3-2-4-6-16/h2-10H,11-15H2,1H3,(H,21,23). The Morgan fingerprint density at radius 1 is 1.12 bits per heavy atom. The number of carbonyl (C=O) groups excluding carboxylic acids is 1. The lowest BCUT2D eigenvalue weighted by molar-refractivity contribution is -0.121. The molecule has 1 N–H and O–H groups in total. The van der Waals surface area contributed by atoms with Crippen molar-refractivity contribution in [2.75, 3.05) is 33.3 Å². The normalized spacial score (nSPS) is 10.6. The Balaban J connectivity index is 1.58. The molecular formula is C19H23ClN2O2. The first-order valence-electron chi connectivity index (χ1n) is 8.01. The van der Waals surface area contributed by atoms with Crippen molar-refractivity contribution in [3.05, 3.63) is 65.2 Å². The third-order valence-electron chi connectivity index (χ3n) is 3.55. The van der Waals surface area contributed by atoms with Gasteiger partial charge in [0, 0.05) is 18.1 Å². The second kappa shape index (κ2) is 9.96. The number of nitrogens with one attached hydrogen (secondary N) is 1. The molecule has 0 radical (unpaired) electrons. The van der Waals surface area contributed by atoms with Gasteiger partial charge in [0.05, 0.1) is 6.54 Å². The monoisotopic (exact) mass is 346 g/mol. The molecule has 5 heteroatoms. The van der Waals surface area contributed by atoms with Crippen molar-refractivity contribution in [3.8, 4) is 5.75 Å². The number of hydrogen-bond donors (Lipinski definition) is 1. The van der Waals surface area contributed by atoms with Gasteiger partial charge in [0.15, 0.2) is 0 Å². The van der Waals surface area contributed by atoms with Crippen molar-refractivity contribution in [1.29, 1.82) is 0 Å². The zero-order valence-corrected chi connectivity index (χ0v) is 14.6. The number of hydrogen-bond acceptors (Lipinski definition) is 3. The summed E-state index contributed by atoms with van der Waals surface area (Å²) in [6.45, 7) is 2.21. The summed E-state index contributed by atoms with van der Waals surface area (Å²) in [5.74, 6) is 0.806. The Morgan fingerprint density at radius 3 is 2.54 bits per heavy atom. The largest absolute Gasteiger partial charge is 0.492 e. The van der Waals surface area contributed by atoms with Gasteiger partial charge in [0.25, 0.3) is 0 Å². The second-order valence-electron chi connectivity index (χ2n) is 5.63. The van der Waals surface area contributed by atoms with Crippen LogP contribution in [0.3, 0.4) is 0 Å². The highest BCUT2D eigenvalue weighted by atomic mass is 35.5. The van der Waals surface area contributed by atoms with Gasteiger partial charge in [-0.1, -0.05) is 41.9 Å². The van der Waals surface area contributed by atoms with Crippen LogP contribution in [0.1, 0.15) is 5.56 Å². The lowest BCUT2D eigenvalue weighted by Gasteiger charge is -2.16. The highest BCUT2D eigenvalue weighted by molar-refractivity contribution is 6.30. The van der Waals surface area contributed by atoms with Gasteiger partial charge in [-0.05, 0) is 43.3 Å². The van der Waals surface area contributed by atoms with Crippen LogP contribution >= 0.6 is 11.6 Å². The first-order chi connectivity index (χ1) is 11.6. The first-order valence-corrected chi connectivity index (χ1v) is 8.39. The molecule has 0 spiro atoms. The summed E-state index contributed by atoms with van der Waals surface area (Å²) in [5.41, 5.74) is 1.22. The maximum atomic E-state index is 11.9. The van der Waals surface area contributed by atoms with Crippen LogP contribution in [0.4, 0.5) is 0 Å². The SMILES string of the molecule is CN(CCOc1ccc(Cl)cc1)CC(=O)NCCc1ccccc1. The lowest BCUT2D eigenvalue weighted by Crippen LogP contribution is -2.37. The summed E-state index contributed by atoms with van der Waals surface area (Å²) >= 11 is 5.83. The maximum Gasteiger partial charge on any atom is 0.234 e. The average Bonchev–Trinajstić information content (AvgIpc) is 2.57. The van der Waals surface area contributed by atoms with E-state index >= 15 is 0 Å². The zero-order chi connectivity index (χ0) is 17.2. The summed E-state index contributed by atoms with van der Waals surface area (Å²) in [4.78, 5) is 13.8.